The maximum atomic E-state index is 14.4. The van der Waals surface area contributed by atoms with Crippen molar-refractivity contribution in [2.24, 2.45) is 0 Å². The van der Waals surface area contributed by atoms with Crippen molar-refractivity contribution in [3.05, 3.63) is 57.6 Å². The van der Waals surface area contributed by atoms with Crippen LogP contribution < -0.4 is 4.90 Å². The second-order valence-electron chi connectivity index (χ2n) is 11.0. The summed E-state index contributed by atoms with van der Waals surface area (Å²) in [7, 11) is 0. The second-order valence-corrected chi connectivity index (χ2v) is 12.2. The molecule has 5 rings (SSSR count). The van der Waals surface area contributed by atoms with E-state index in [1.165, 1.54) is 17.7 Å². The average molecular weight is 621 g/mol. The lowest BCUT2D eigenvalue weighted by atomic mass is 10.1. The van der Waals surface area contributed by atoms with Gasteiger partial charge in [-0.2, -0.15) is 13.2 Å². The van der Waals surface area contributed by atoms with Gasteiger partial charge in [0.1, 0.15) is 18.0 Å². The number of ether oxygens (including phenoxy) is 1. The van der Waals surface area contributed by atoms with Gasteiger partial charge >= 0.3 is 12.1 Å². The molecule has 1 aromatic carbocycles. The third-order valence-electron chi connectivity index (χ3n) is 7.95. The quantitative estimate of drug-likeness (QED) is 0.220. The van der Waals surface area contributed by atoms with Gasteiger partial charge < -0.3 is 9.64 Å². The summed E-state index contributed by atoms with van der Waals surface area (Å²) in [5.41, 5.74) is 0.225. The van der Waals surface area contributed by atoms with E-state index < -0.39 is 17.6 Å². The van der Waals surface area contributed by atoms with Crippen LogP contribution in [0.25, 0.3) is 11.3 Å². The van der Waals surface area contributed by atoms with E-state index in [0.29, 0.717) is 55.3 Å². The number of halogens is 4. The third-order valence-corrected chi connectivity index (χ3v) is 8.99. The first-order valence-corrected chi connectivity index (χ1v) is 15.5. The van der Waals surface area contributed by atoms with Crippen LogP contribution in [-0.4, -0.2) is 82.6 Å². The number of aromatic nitrogens is 3. The van der Waals surface area contributed by atoms with Crippen molar-refractivity contribution in [1.82, 2.24) is 24.8 Å². The van der Waals surface area contributed by atoms with E-state index in [4.69, 9.17) is 9.72 Å². The molecule has 0 unspecified atom stereocenters. The van der Waals surface area contributed by atoms with Gasteiger partial charge in [0.25, 0.3) is 0 Å². The Hall–Kier alpha value is -3.16. The number of carbonyl (C=O) groups excluding carboxylic acids is 1. The van der Waals surface area contributed by atoms with Gasteiger partial charge in [-0.1, -0.05) is 0 Å². The molecule has 0 bridgehead atoms. The number of nitrogens with zero attached hydrogens (tertiary/aromatic N) is 6. The molecule has 1 atom stereocenters. The summed E-state index contributed by atoms with van der Waals surface area (Å²) in [6.45, 7) is 9.50. The van der Waals surface area contributed by atoms with E-state index in [1.807, 2.05) is 6.07 Å². The molecular weight excluding hydrogens is 584 g/mol. The molecule has 2 fully saturated rings. The standard InChI is InChI=1S/C30H36F4N6O2S/c1-3-42-28(41)6-8-38-9-11-39(12-10-38)26-16-24(35-19-36-26)17-27-37-29(25(43-27)18-40-7-4-5-20(40)2)21-13-22(30(32,33)34)15-23(31)14-21/h13-16,19-20H,3-12,17-18H2,1-2H3/t20-/m1/s1. The van der Waals surface area contributed by atoms with Crippen LogP contribution in [0.2, 0.25) is 0 Å². The van der Waals surface area contributed by atoms with Crippen molar-refractivity contribution >= 4 is 23.1 Å². The minimum absolute atomic E-state index is 0.126. The van der Waals surface area contributed by atoms with Gasteiger partial charge in [0, 0.05) is 68.2 Å². The van der Waals surface area contributed by atoms with E-state index in [2.05, 4.69) is 31.6 Å². The lowest BCUT2D eigenvalue weighted by molar-refractivity contribution is -0.143. The minimum Gasteiger partial charge on any atom is -0.466 e. The highest BCUT2D eigenvalue weighted by atomic mass is 32.1. The van der Waals surface area contributed by atoms with Crippen molar-refractivity contribution in [2.75, 3.05) is 50.8 Å². The average Bonchev–Trinajstić information content (AvgIpc) is 3.57. The predicted octanol–water partition coefficient (Wildman–Crippen LogP) is 5.41. The maximum Gasteiger partial charge on any atom is 0.416 e. The lowest BCUT2D eigenvalue weighted by Gasteiger charge is -2.35. The maximum absolute atomic E-state index is 14.4. The molecule has 0 N–H and O–H groups in total. The second kappa shape index (κ2) is 13.6. The van der Waals surface area contributed by atoms with E-state index in [0.717, 1.165) is 74.1 Å². The number of rotatable bonds is 10. The molecular formula is C30H36F4N6O2S. The number of anilines is 1. The Bertz CT molecular complexity index is 1410. The molecule has 232 valence electrons. The number of thiazole rings is 1. The predicted molar refractivity (Wildman–Crippen MR) is 156 cm³/mol. The van der Waals surface area contributed by atoms with Crippen molar-refractivity contribution in [1.29, 1.82) is 0 Å². The monoisotopic (exact) mass is 620 g/mol. The van der Waals surface area contributed by atoms with Crippen LogP contribution in [0.5, 0.6) is 0 Å². The number of esters is 1. The summed E-state index contributed by atoms with van der Waals surface area (Å²) in [6, 6.07) is 4.89. The third kappa shape index (κ3) is 8.07. The topological polar surface area (TPSA) is 74.7 Å². The number of alkyl halides is 3. The molecule has 2 saturated heterocycles. The van der Waals surface area contributed by atoms with Crippen molar-refractivity contribution in [3.8, 4) is 11.3 Å². The number of carbonyl (C=O) groups is 1. The molecule has 3 aromatic rings. The van der Waals surface area contributed by atoms with Crippen LogP contribution in [0.4, 0.5) is 23.4 Å². The fourth-order valence-electron chi connectivity index (χ4n) is 5.60. The zero-order valence-corrected chi connectivity index (χ0v) is 25.2. The van der Waals surface area contributed by atoms with Gasteiger partial charge in [-0.3, -0.25) is 14.6 Å². The van der Waals surface area contributed by atoms with Crippen molar-refractivity contribution < 1.29 is 27.1 Å². The molecule has 0 spiro atoms. The molecule has 13 heteroatoms. The van der Waals surface area contributed by atoms with Gasteiger partial charge in [-0.05, 0) is 51.4 Å². The highest BCUT2D eigenvalue weighted by Crippen LogP contribution is 2.37. The molecule has 0 aliphatic carbocycles. The Morgan fingerprint density at radius 3 is 2.58 bits per heavy atom. The Balaban J connectivity index is 1.32. The van der Waals surface area contributed by atoms with Crippen LogP contribution in [-0.2, 0) is 28.7 Å². The van der Waals surface area contributed by atoms with Gasteiger partial charge in [0.05, 0.1) is 35.0 Å². The fraction of sp³-hybridized carbons (Fsp3) is 0.533. The Labute approximate surface area is 252 Å². The molecule has 2 aliphatic heterocycles. The normalized spacial score (nSPS) is 18.4. The number of hydrogen-bond donors (Lipinski definition) is 0. The van der Waals surface area contributed by atoms with Gasteiger partial charge in [0.2, 0.25) is 0 Å². The van der Waals surface area contributed by atoms with Crippen molar-refractivity contribution in [3.63, 3.8) is 0 Å². The highest BCUT2D eigenvalue weighted by molar-refractivity contribution is 7.12. The van der Waals surface area contributed by atoms with Crippen LogP contribution in [0.1, 0.15) is 54.3 Å². The molecule has 0 amide bonds. The number of benzene rings is 1. The summed E-state index contributed by atoms with van der Waals surface area (Å²) in [4.78, 5) is 32.9. The fourth-order valence-corrected chi connectivity index (χ4v) is 6.74. The first-order chi connectivity index (χ1) is 20.6. The Morgan fingerprint density at radius 2 is 1.88 bits per heavy atom. The minimum atomic E-state index is -4.66. The number of piperazine rings is 1. The molecule has 0 radical (unpaired) electrons. The summed E-state index contributed by atoms with van der Waals surface area (Å²) in [5, 5.41) is 0.697. The lowest BCUT2D eigenvalue weighted by Crippen LogP contribution is -2.47. The van der Waals surface area contributed by atoms with Crippen LogP contribution in [0.15, 0.2) is 30.6 Å². The van der Waals surface area contributed by atoms with E-state index in [-0.39, 0.29) is 11.5 Å². The Kier molecular flexibility index (Phi) is 9.92. The van der Waals surface area contributed by atoms with Crippen LogP contribution in [0, 0.1) is 5.82 Å². The summed E-state index contributed by atoms with van der Waals surface area (Å²) in [6.07, 6.45) is -0.284. The number of likely N-dealkylation sites (tertiary alicyclic amines) is 1. The summed E-state index contributed by atoms with van der Waals surface area (Å²) >= 11 is 1.44. The SMILES string of the molecule is CCOC(=O)CCN1CCN(c2cc(Cc3nc(-c4cc(F)cc(C(F)(F)F)c4)c(CN4CCC[C@H]4C)s3)ncn2)CC1. The Morgan fingerprint density at radius 1 is 1.09 bits per heavy atom. The highest BCUT2D eigenvalue weighted by Gasteiger charge is 2.32. The van der Waals surface area contributed by atoms with Gasteiger partial charge in [-0.25, -0.2) is 19.3 Å². The number of hydrogen-bond acceptors (Lipinski definition) is 9. The van der Waals surface area contributed by atoms with Crippen LogP contribution >= 0.6 is 11.3 Å². The van der Waals surface area contributed by atoms with E-state index in [9.17, 15) is 22.4 Å². The molecule has 43 heavy (non-hydrogen) atoms. The van der Waals surface area contributed by atoms with E-state index in [1.54, 1.807) is 6.92 Å². The smallest absolute Gasteiger partial charge is 0.416 e. The summed E-state index contributed by atoms with van der Waals surface area (Å²) in [5.74, 6) is -0.341. The van der Waals surface area contributed by atoms with Gasteiger partial charge in [0.15, 0.2) is 0 Å². The molecule has 8 nitrogen and oxygen atoms in total. The molecule has 4 heterocycles. The zero-order valence-electron chi connectivity index (χ0n) is 24.4. The molecule has 2 aromatic heterocycles. The van der Waals surface area contributed by atoms with E-state index >= 15 is 0 Å². The summed E-state index contributed by atoms with van der Waals surface area (Å²) < 4.78 is 59.9. The van der Waals surface area contributed by atoms with Crippen molar-refractivity contribution in [2.45, 2.75) is 58.3 Å². The largest absolute Gasteiger partial charge is 0.466 e. The molecule has 0 saturated carbocycles. The van der Waals surface area contributed by atoms with Crippen LogP contribution in [0.3, 0.4) is 0 Å². The van der Waals surface area contributed by atoms with Gasteiger partial charge in [-0.15, -0.1) is 11.3 Å². The zero-order chi connectivity index (χ0) is 30.6. The first-order valence-electron chi connectivity index (χ1n) is 14.6. The first kappa shape index (κ1) is 31.3. The molecule has 2 aliphatic rings.